The van der Waals surface area contributed by atoms with Gasteiger partial charge >= 0.3 is 0 Å². The smallest absolute Gasteiger partial charge is 0.0540 e. The summed E-state index contributed by atoms with van der Waals surface area (Å²) in [4.78, 5) is 4.92. The molecule has 9 aromatic rings. The Kier molecular flexibility index (Phi) is 9.82. The molecule has 12 rings (SSSR count). The monoisotopic (exact) mass is 836 g/mol. The maximum atomic E-state index is 2.48. The molecule has 0 aromatic heterocycles. The number of nitrogens with zero attached hydrogens (tertiary/aromatic N) is 2. The van der Waals surface area contributed by atoms with Crippen LogP contribution in [0, 0.1) is 5.92 Å². The van der Waals surface area contributed by atoms with E-state index in [9.17, 15) is 0 Å². The zero-order chi connectivity index (χ0) is 43.3. The molecule has 1 unspecified atom stereocenters. The molecule has 2 nitrogen and oxygen atoms in total. The summed E-state index contributed by atoms with van der Waals surface area (Å²) in [5.41, 5.74) is 20.5. The molecule has 1 saturated carbocycles. The highest BCUT2D eigenvalue weighted by Crippen LogP contribution is 2.57. The summed E-state index contributed by atoms with van der Waals surface area (Å²) in [6, 6.07) is 79.0. The highest BCUT2D eigenvalue weighted by atomic mass is 15.2. The highest BCUT2D eigenvalue weighted by molar-refractivity contribution is 6.00. The van der Waals surface area contributed by atoms with Crippen LogP contribution < -0.4 is 9.80 Å². The molecule has 3 aliphatic rings. The zero-order valence-electron chi connectivity index (χ0n) is 37.0. The van der Waals surface area contributed by atoms with Gasteiger partial charge in [-0.2, -0.15) is 0 Å². The number of fused-ring (bicyclic) bond motifs is 7. The van der Waals surface area contributed by atoms with Gasteiger partial charge in [-0.3, -0.25) is 0 Å². The predicted octanol–water partition coefficient (Wildman–Crippen LogP) is 17.2. The van der Waals surface area contributed by atoms with Crippen LogP contribution in [0.2, 0.25) is 0 Å². The fourth-order valence-electron chi connectivity index (χ4n) is 11.5. The number of hydrogen-bond acceptors (Lipinski definition) is 2. The molecule has 2 heteroatoms. The molecule has 0 saturated heterocycles. The summed E-state index contributed by atoms with van der Waals surface area (Å²) in [5, 5.41) is 2.48. The third-order valence-corrected chi connectivity index (χ3v) is 14.6. The summed E-state index contributed by atoms with van der Waals surface area (Å²) in [6.07, 6.45) is 9.89. The number of allylic oxidation sites excluding steroid dienone is 1. The van der Waals surface area contributed by atoms with Crippen LogP contribution in [0.5, 0.6) is 0 Å². The molecule has 0 N–H and O–H groups in total. The second kappa shape index (κ2) is 16.3. The first-order valence-electron chi connectivity index (χ1n) is 23.6. The SMILES string of the molecule is CC1C=C(N(c2ccc(-c3ccccc3)cc2)c2ccc(-c3ccc(N(c4ccc5c(c4)-c4ccccc4C54CCCCC4)c4cccc5ccccc45)cc3)cc2)c2ccccc2C1. The van der Waals surface area contributed by atoms with Crippen LogP contribution in [0.4, 0.5) is 28.4 Å². The van der Waals surface area contributed by atoms with Crippen LogP contribution in [0.3, 0.4) is 0 Å². The lowest BCUT2D eigenvalue weighted by atomic mass is 9.68. The van der Waals surface area contributed by atoms with Crippen molar-refractivity contribution in [2.75, 3.05) is 9.80 Å². The Morgan fingerprint density at radius 2 is 0.954 bits per heavy atom. The van der Waals surface area contributed by atoms with E-state index in [1.54, 1.807) is 0 Å². The van der Waals surface area contributed by atoms with E-state index in [0.29, 0.717) is 5.92 Å². The van der Waals surface area contributed by atoms with Crippen molar-refractivity contribution < 1.29 is 0 Å². The summed E-state index contributed by atoms with van der Waals surface area (Å²) in [6.45, 7) is 2.33. The Balaban J connectivity index is 0.918. The van der Waals surface area contributed by atoms with Gasteiger partial charge in [0.15, 0.2) is 0 Å². The predicted molar refractivity (Wildman–Crippen MR) is 275 cm³/mol. The van der Waals surface area contributed by atoms with Gasteiger partial charge in [-0.15, -0.1) is 0 Å². The number of rotatable bonds is 8. The van der Waals surface area contributed by atoms with Crippen LogP contribution in [-0.2, 0) is 11.8 Å². The van der Waals surface area contributed by atoms with E-state index >= 15 is 0 Å². The molecular formula is C63H52N2. The van der Waals surface area contributed by atoms with E-state index in [0.717, 1.165) is 23.5 Å². The minimum atomic E-state index is 0.129. The lowest BCUT2D eigenvalue weighted by Crippen LogP contribution is -2.28. The van der Waals surface area contributed by atoms with Gasteiger partial charge in [0.05, 0.1) is 5.69 Å². The van der Waals surface area contributed by atoms with Gasteiger partial charge in [0, 0.05) is 44.8 Å². The van der Waals surface area contributed by atoms with Gasteiger partial charge in [0.1, 0.15) is 0 Å². The molecular weight excluding hydrogens is 785 g/mol. The van der Waals surface area contributed by atoms with Crippen molar-refractivity contribution in [2.24, 2.45) is 5.92 Å². The molecule has 9 aromatic carbocycles. The molecule has 314 valence electrons. The van der Waals surface area contributed by atoms with E-state index in [4.69, 9.17) is 0 Å². The average Bonchev–Trinajstić information content (AvgIpc) is 3.63. The largest absolute Gasteiger partial charge is 0.310 e. The minimum Gasteiger partial charge on any atom is -0.310 e. The van der Waals surface area contributed by atoms with Crippen LogP contribution in [0.25, 0.3) is 49.9 Å². The maximum Gasteiger partial charge on any atom is 0.0540 e. The first-order valence-corrected chi connectivity index (χ1v) is 23.6. The van der Waals surface area contributed by atoms with Gasteiger partial charge in [-0.05, 0) is 135 Å². The number of benzene rings is 9. The van der Waals surface area contributed by atoms with Gasteiger partial charge in [-0.25, -0.2) is 0 Å². The normalized spacial score (nSPS) is 15.8. The van der Waals surface area contributed by atoms with Crippen molar-refractivity contribution in [3.63, 3.8) is 0 Å². The molecule has 0 aliphatic heterocycles. The average molecular weight is 837 g/mol. The Morgan fingerprint density at radius 3 is 1.66 bits per heavy atom. The third-order valence-electron chi connectivity index (χ3n) is 14.6. The van der Waals surface area contributed by atoms with Gasteiger partial charge < -0.3 is 9.80 Å². The molecule has 1 fully saturated rings. The number of hydrogen-bond donors (Lipinski definition) is 0. The van der Waals surface area contributed by atoms with Crippen molar-refractivity contribution in [3.05, 3.63) is 241 Å². The van der Waals surface area contributed by atoms with E-state index in [-0.39, 0.29) is 5.41 Å². The van der Waals surface area contributed by atoms with Crippen molar-refractivity contribution in [2.45, 2.75) is 50.9 Å². The lowest BCUT2D eigenvalue weighted by molar-refractivity contribution is 0.353. The molecule has 1 atom stereocenters. The number of anilines is 5. The van der Waals surface area contributed by atoms with Crippen LogP contribution in [0.15, 0.2) is 218 Å². The van der Waals surface area contributed by atoms with Crippen molar-refractivity contribution in [1.82, 2.24) is 0 Å². The molecule has 1 spiro atoms. The zero-order valence-corrected chi connectivity index (χ0v) is 37.0. The Labute approximate surface area is 383 Å². The molecule has 0 heterocycles. The van der Waals surface area contributed by atoms with E-state index in [1.807, 2.05) is 0 Å². The summed E-state index contributed by atoms with van der Waals surface area (Å²) in [7, 11) is 0. The van der Waals surface area contributed by atoms with E-state index in [1.165, 1.54) is 116 Å². The van der Waals surface area contributed by atoms with Crippen molar-refractivity contribution in [1.29, 1.82) is 0 Å². The Morgan fingerprint density at radius 1 is 0.415 bits per heavy atom. The second-order valence-corrected chi connectivity index (χ2v) is 18.5. The quantitative estimate of drug-likeness (QED) is 0.150. The fraction of sp³-hybridized carbons (Fsp3) is 0.143. The van der Waals surface area contributed by atoms with Crippen LogP contribution in [-0.4, -0.2) is 0 Å². The van der Waals surface area contributed by atoms with Gasteiger partial charge in [-0.1, -0.05) is 190 Å². The van der Waals surface area contributed by atoms with Crippen molar-refractivity contribution >= 4 is 44.9 Å². The fourth-order valence-corrected chi connectivity index (χ4v) is 11.5. The molecule has 3 aliphatic carbocycles. The van der Waals surface area contributed by atoms with Crippen molar-refractivity contribution in [3.8, 4) is 33.4 Å². The standard InChI is InChI=1S/C63H52N2/c1-44-41-50-18-7-9-21-56(50)62(42-44)64(51-31-25-46(26-32-51)45-15-4-2-5-16-45)52-33-27-47(28-34-52)48-29-35-53(36-30-48)65(61-24-14-19-49-17-6-8-20-55(49)61)54-37-38-60-58(43-54)57-22-10-11-23-59(57)63(60)39-12-3-13-40-63/h2,4-11,14-38,42-44H,3,12-13,39-41H2,1H3. The summed E-state index contributed by atoms with van der Waals surface area (Å²) < 4.78 is 0. The molecule has 65 heavy (non-hydrogen) atoms. The molecule has 0 radical (unpaired) electrons. The summed E-state index contributed by atoms with van der Waals surface area (Å²) >= 11 is 0. The topological polar surface area (TPSA) is 6.48 Å². The van der Waals surface area contributed by atoms with Crippen LogP contribution >= 0.6 is 0 Å². The summed E-state index contributed by atoms with van der Waals surface area (Å²) in [5.74, 6) is 0.429. The molecule has 0 amide bonds. The van der Waals surface area contributed by atoms with E-state index in [2.05, 4.69) is 235 Å². The van der Waals surface area contributed by atoms with E-state index < -0.39 is 0 Å². The maximum absolute atomic E-state index is 2.48. The highest BCUT2D eigenvalue weighted by Gasteiger charge is 2.43. The lowest BCUT2D eigenvalue weighted by Gasteiger charge is -2.36. The Bertz CT molecular complexity index is 3200. The van der Waals surface area contributed by atoms with Crippen LogP contribution in [0.1, 0.15) is 61.3 Å². The molecule has 0 bridgehead atoms. The minimum absolute atomic E-state index is 0.129. The van der Waals surface area contributed by atoms with Gasteiger partial charge in [0.25, 0.3) is 0 Å². The second-order valence-electron chi connectivity index (χ2n) is 18.5. The third kappa shape index (κ3) is 6.87. The Hall–Kier alpha value is -7.42. The first-order chi connectivity index (χ1) is 32.1. The van der Waals surface area contributed by atoms with Gasteiger partial charge in [0.2, 0.25) is 0 Å². The first kappa shape index (κ1) is 39.2.